The first kappa shape index (κ1) is 22.4. The zero-order valence-corrected chi connectivity index (χ0v) is 16.9. The van der Waals surface area contributed by atoms with Crippen molar-refractivity contribution in [2.45, 2.75) is 77.4 Å². The van der Waals surface area contributed by atoms with E-state index in [0.717, 1.165) is 38.5 Å². The zero-order chi connectivity index (χ0) is 19.5. The Morgan fingerprint density at radius 3 is 1.19 bits per heavy atom. The van der Waals surface area contributed by atoms with Crippen LogP contribution in [0.4, 0.5) is 0 Å². The lowest BCUT2D eigenvalue weighted by Crippen LogP contribution is -2.23. The van der Waals surface area contributed by atoms with Gasteiger partial charge in [-0.15, -0.1) is 0 Å². The molecule has 0 aromatic heterocycles. The molecular formula is C24H36O2. The van der Waals surface area contributed by atoms with Crippen molar-refractivity contribution in [1.29, 1.82) is 0 Å². The molecule has 0 aliphatic heterocycles. The van der Waals surface area contributed by atoms with Crippen LogP contribution in [0.5, 0.6) is 0 Å². The molecule has 0 aliphatic rings. The second-order valence-electron chi connectivity index (χ2n) is 7.67. The summed E-state index contributed by atoms with van der Waals surface area (Å²) in [6.07, 6.45) is 5.24. The molecule has 0 spiro atoms. The average molecular weight is 357 g/mol. The van der Waals surface area contributed by atoms with Gasteiger partial charge in [0.05, 0.1) is 11.2 Å². The van der Waals surface area contributed by atoms with Gasteiger partial charge in [-0.2, -0.15) is 0 Å². The minimum atomic E-state index is -0.504. The van der Waals surface area contributed by atoms with Crippen LogP contribution in [0, 0.1) is 0 Å². The Morgan fingerprint density at radius 1 is 0.615 bits per heavy atom. The largest absolute Gasteiger partial charge is 0.390 e. The van der Waals surface area contributed by atoms with E-state index in [-0.39, 0.29) is 0 Å². The molecule has 2 nitrogen and oxygen atoms in total. The van der Waals surface area contributed by atoms with E-state index in [1.165, 1.54) is 11.1 Å². The highest BCUT2D eigenvalue weighted by atomic mass is 16.3. The second kappa shape index (κ2) is 11.2. The Bertz CT molecular complexity index is 533. The van der Waals surface area contributed by atoms with E-state index in [1.54, 1.807) is 0 Å². The Balaban J connectivity index is 0.000000260. The fourth-order valence-corrected chi connectivity index (χ4v) is 2.47. The van der Waals surface area contributed by atoms with Crippen LogP contribution in [0.1, 0.15) is 64.5 Å². The highest BCUT2D eigenvalue weighted by Crippen LogP contribution is 2.17. The molecular weight excluding hydrogens is 320 g/mol. The third-order valence-corrected chi connectivity index (χ3v) is 5.11. The lowest BCUT2D eigenvalue weighted by molar-refractivity contribution is 0.0468. The average Bonchev–Trinajstić information content (AvgIpc) is 2.67. The maximum atomic E-state index is 9.78. The van der Waals surface area contributed by atoms with Gasteiger partial charge in [-0.05, 0) is 63.5 Å². The molecule has 0 heterocycles. The first-order valence-electron chi connectivity index (χ1n) is 9.80. The molecule has 144 valence electrons. The molecule has 0 saturated heterocycles. The molecule has 2 aromatic rings. The lowest BCUT2D eigenvalue weighted by Gasteiger charge is -2.20. The van der Waals surface area contributed by atoms with Crippen molar-refractivity contribution in [3.63, 3.8) is 0 Å². The van der Waals surface area contributed by atoms with Gasteiger partial charge in [0.2, 0.25) is 0 Å². The van der Waals surface area contributed by atoms with E-state index < -0.39 is 11.2 Å². The number of rotatable bonds is 8. The standard InChI is InChI=1S/2C12H18O/c2*1-3-12(2,13)10-9-11-7-5-4-6-8-11/h2*4-8,13H,3,9-10H2,1-2H3. The van der Waals surface area contributed by atoms with Crippen molar-refractivity contribution in [3.8, 4) is 0 Å². The van der Waals surface area contributed by atoms with E-state index >= 15 is 0 Å². The van der Waals surface area contributed by atoms with Crippen LogP contribution in [0.25, 0.3) is 0 Å². The Hall–Kier alpha value is -1.64. The van der Waals surface area contributed by atoms with Crippen molar-refractivity contribution >= 4 is 0 Å². The maximum Gasteiger partial charge on any atom is 0.0620 e. The van der Waals surface area contributed by atoms with Crippen molar-refractivity contribution in [2.24, 2.45) is 0 Å². The molecule has 0 bridgehead atoms. The molecule has 2 atom stereocenters. The predicted molar refractivity (Wildman–Crippen MR) is 111 cm³/mol. The molecule has 0 fully saturated rings. The fraction of sp³-hybridized carbons (Fsp3) is 0.500. The maximum absolute atomic E-state index is 9.78. The highest BCUT2D eigenvalue weighted by molar-refractivity contribution is 5.15. The fourth-order valence-electron chi connectivity index (χ4n) is 2.47. The molecule has 2 rings (SSSR count). The number of aryl methyl sites for hydroxylation is 2. The summed E-state index contributed by atoms with van der Waals surface area (Å²) in [6, 6.07) is 20.6. The van der Waals surface area contributed by atoms with Crippen LogP contribution in [0.3, 0.4) is 0 Å². The van der Waals surface area contributed by atoms with Crippen molar-refractivity contribution in [2.75, 3.05) is 0 Å². The van der Waals surface area contributed by atoms with Gasteiger partial charge in [0.1, 0.15) is 0 Å². The predicted octanol–water partition coefficient (Wildman–Crippen LogP) is 5.56. The first-order chi connectivity index (χ1) is 12.3. The number of hydrogen-bond acceptors (Lipinski definition) is 2. The van der Waals surface area contributed by atoms with Gasteiger partial charge in [-0.25, -0.2) is 0 Å². The van der Waals surface area contributed by atoms with E-state index in [2.05, 4.69) is 24.3 Å². The third-order valence-electron chi connectivity index (χ3n) is 5.11. The summed E-state index contributed by atoms with van der Waals surface area (Å²) < 4.78 is 0. The van der Waals surface area contributed by atoms with E-state index in [4.69, 9.17) is 0 Å². The smallest absolute Gasteiger partial charge is 0.0620 e. The van der Waals surface area contributed by atoms with E-state index in [0.29, 0.717) is 0 Å². The SMILES string of the molecule is CCC(C)(O)CCc1ccccc1.CCC(C)(O)CCc1ccccc1. The van der Waals surface area contributed by atoms with Gasteiger partial charge in [0, 0.05) is 0 Å². The summed E-state index contributed by atoms with van der Waals surface area (Å²) >= 11 is 0. The van der Waals surface area contributed by atoms with Crippen LogP contribution in [0.15, 0.2) is 60.7 Å². The molecule has 2 unspecified atom stereocenters. The summed E-state index contributed by atoms with van der Waals surface area (Å²) in [6.45, 7) is 7.84. The molecule has 26 heavy (non-hydrogen) atoms. The summed E-state index contributed by atoms with van der Waals surface area (Å²) in [7, 11) is 0. The lowest BCUT2D eigenvalue weighted by atomic mass is 9.94. The normalized spacial score (nSPS) is 15.3. The molecule has 0 radical (unpaired) electrons. The van der Waals surface area contributed by atoms with Gasteiger partial charge < -0.3 is 10.2 Å². The minimum Gasteiger partial charge on any atom is -0.390 e. The van der Waals surface area contributed by atoms with Crippen molar-refractivity contribution < 1.29 is 10.2 Å². The molecule has 2 heteroatoms. The summed E-state index contributed by atoms with van der Waals surface area (Å²) in [5.41, 5.74) is 1.60. The zero-order valence-electron chi connectivity index (χ0n) is 16.9. The van der Waals surface area contributed by atoms with Crippen molar-refractivity contribution in [1.82, 2.24) is 0 Å². The monoisotopic (exact) mass is 356 g/mol. The third kappa shape index (κ3) is 9.74. The second-order valence-corrected chi connectivity index (χ2v) is 7.67. The van der Waals surface area contributed by atoms with Crippen LogP contribution >= 0.6 is 0 Å². The molecule has 2 N–H and O–H groups in total. The molecule has 0 saturated carbocycles. The van der Waals surface area contributed by atoms with E-state index in [1.807, 2.05) is 64.1 Å². The van der Waals surface area contributed by atoms with Crippen LogP contribution < -0.4 is 0 Å². The van der Waals surface area contributed by atoms with Gasteiger partial charge in [0.15, 0.2) is 0 Å². The van der Waals surface area contributed by atoms with Crippen molar-refractivity contribution in [3.05, 3.63) is 71.8 Å². The highest BCUT2D eigenvalue weighted by Gasteiger charge is 2.17. The summed E-state index contributed by atoms with van der Waals surface area (Å²) in [4.78, 5) is 0. The minimum absolute atomic E-state index is 0.504. The van der Waals surface area contributed by atoms with Crippen LogP contribution in [-0.2, 0) is 12.8 Å². The summed E-state index contributed by atoms with van der Waals surface area (Å²) in [5, 5.41) is 19.6. The number of benzene rings is 2. The first-order valence-corrected chi connectivity index (χ1v) is 9.80. The topological polar surface area (TPSA) is 40.5 Å². The van der Waals surface area contributed by atoms with Crippen LogP contribution in [-0.4, -0.2) is 21.4 Å². The number of hydrogen-bond donors (Lipinski definition) is 2. The molecule has 0 amide bonds. The van der Waals surface area contributed by atoms with Gasteiger partial charge in [-0.1, -0.05) is 74.5 Å². The quantitative estimate of drug-likeness (QED) is 0.650. The van der Waals surface area contributed by atoms with Gasteiger partial charge in [0.25, 0.3) is 0 Å². The Kier molecular flexibility index (Phi) is 9.61. The van der Waals surface area contributed by atoms with Gasteiger partial charge >= 0.3 is 0 Å². The van der Waals surface area contributed by atoms with E-state index in [9.17, 15) is 10.2 Å². The van der Waals surface area contributed by atoms with Crippen LogP contribution in [0.2, 0.25) is 0 Å². The Labute approximate surface area is 159 Å². The summed E-state index contributed by atoms with van der Waals surface area (Å²) in [5.74, 6) is 0. The molecule has 0 aliphatic carbocycles. The number of aliphatic hydroxyl groups is 2. The molecule has 2 aromatic carbocycles. The Morgan fingerprint density at radius 2 is 0.923 bits per heavy atom. The van der Waals surface area contributed by atoms with Gasteiger partial charge in [-0.3, -0.25) is 0 Å².